The summed E-state index contributed by atoms with van der Waals surface area (Å²) in [6, 6.07) is 0.862. The molecule has 0 bridgehead atoms. The lowest BCUT2D eigenvalue weighted by Gasteiger charge is -2.38. The van der Waals surface area contributed by atoms with Crippen LogP contribution < -0.4 is 5.32 Å². The van der Waals surface area contributed by atoms with E-state index in [0.717, 1.165) is 23.8 Å². The van der Waals surface area contributed by atoms with Crippen molar-refractivity contribution in [3.05, 3.63) is 0 Å². The molecule has 0 aromatic heterocycles. The highest BCUT2D eigenvalue weighted by Crippen LogP contribution is 2.35. The molecular weight excluding hydrogens is 242 g/mol. The van der Waals surface area contributed by atoms with Gasteiger partial charge in [0.2, 0.25) is 0 Å². The van der Waals surface area contributed by atoms with Crippen molar-refractivity contribution in [2.24, 2.45) is 17.8 Å². The molecule has 1 saturated heterocycles. The summed E-state index contributed by atoms with van der Waals surface area (Å²) < 4.78 is 0. The van der Waals surface area contributed by atoms with E-state index in [9.17, 15) is 0 Å². The molecule has 122 valence electrons. The van der Waals surface area contributed by atoms with E-state index in [4.69, 9.17) is 0 Å². The Bertz CT molecular complexity index is 164. The van der Waals surface area contributed by atoms with E-state index in [1.807, 2.05) is 27.7 Å². The second-order valence-electron chi connectivity index (χ2n) is 6.06. The van der Waals surface area contributed by atoms with Gasteiger partial charge in [-0.2, -0.15) is 0 Å². The van der Waals surface area contributed by atoms with Crippen molar-refractivity contribution in [3.8, 4) is 0 Å². The van der Waals surface area contributed by atoms with Gasteiger partial charge in [0.15, 0.2) is 0 Å². The average Bonchev–Trinajstić information content (AvgIpc) is 2.59. The van der Waals surface area contributed by atoms with Gasteiger partial charge in [-0.25, -0.2) is 0 Å². The molecule has 2 unspecified atom stereocenters. The highest BCUT2D eigenvalue weighted by atomic mass is 14.9. The Kier molecular flexibility index (Phi) is 12.7. The Labute approximate surface area is 129 Å². The van der Waals surface area contributed by atoms with E-state index in [0.29, 0.717) is 0 Å². The normalized spacial score (nSPS) is 33.3. The summed E-state index contributed by atoms with van der Waals surface area (Å²) in [7, 11) is 0. The summed E-state index contributed by atoms with van der Waals surface area (Å²) in [4.78, 5) is 0. The summed E-state index contributed by atoms with van der Waals surface area (Å²) in [6.45, 7) is 14.0. The molecule has 0 aromatic carbocycles. The predicted octanol–water partition coefficient (Wildman–Crippen LogP) is 6.03. The van der Waals surface area contributed by atoms with Crippen molar-refractivity contribution >= 4 is 0 Å². The van der Waals surface area contributed by atoms with Crippen molar-refractivity contribution in [2.75, 3.05) is 6.54 Å². The molecule has 1 heteroatoms. The maximum absolute atomic E-state index is 3.82. The van der Waals surface area contributed by atoms with Gasteiger partial charge in [0.25, 0.3) is 0 Å². The summed E-state index contributed by atoms with van der Waals surface area (Å²) in [5, 5.41) is 3.82. The zero-order chi connectivity index (χ0) is 15.4. The predicted molar refractivity (Wildman–Crippen MR) is 93.2 cm³/mol. The van der Waals surface area contributed by atoms with Crippen LogP contribution in [0.1, 0.15) is 92.9 Å². The maximum atomic E-state index is 3.82. The molecule has 20 heavy (non-hydrogen) atoms. The zero-order valence-corrected chi connectivity index (χ0v) is 15.2. The average molecular weight is 284 g/mol. The second-order valence-corrected chi connectivity index (χ2v) is 6.06. The summed E-state index contributed by atoms with van der Waals surface area (Å²) in [6.07, 6.45) is 11.7. The third-order valence-corrected chi connectivity index (χ3v) is 5.17. The van der Waals surface area contributed by atoms with Gasteiger partial charge in [-0.05, 0) is 50.0 Å². The molecule has 1 N–H and O–H groups in total. The number of hydrogen-bond acceptors (Lipinski definition) is 1. The fourth-order valence-corrected chi connectivity index (χ4v) is 3.69. The van der Waals surface area contributed by atoms with Crippen LogP contribution in [0.5, 0.6) is 0 Å². The number of nitrogens with one attached hydrogen (secondary N) is 1. The minimum atomic E-state index is 0.862. The van der Waals surface area contributed by atoms with Crippen LogP contribution in [0.15, 0.2) is 0 Å². The smallest absolute Gasteiger partial charge is 0.00955 e. The standard InChI is InChI=1S/C15H29N.2C2H6/c1-3-12-5-8-14(9-6-12)15-10-7-13(4-2)11-16-15;2*1-2/h12-16H,3-11H2,1-2H3;2*1-2H3. The van der Waals surface area contributed by atoms with Crippen molar-refractivity contribution in [2.45, 2.75) is 99.0 Å². The highest BCUT2D eigenvalue weighted by molar-refractivity contribution is 4.85. The van der Waals surface area contributed by atoms with E-state index in [2.05, 4.69) is 19.2 Å². The Morgan fingerprint density at radius 3 is 1.60 bits per heavy atom. The van der Waals surface area contributed by atoms with Gasteiger partial charge in [0, 0.05) is 6.04 Å². The molecule has 2 fully saturated rings. The van der Waals surface area contributed by atoms with Gasteiger partial charge in [-0.3, -0.25) is 0 Å². The summed E-state index contributed by atoms with van der Waals surface area (Å²) in [5.41, 5.74) is 0. The quantitative estimate of drug-likeness (QED) is 0.666. The first-order valence-electron chi connectivity index (χ1n) is 9.56. The number of hydrogen-bond donors (Lipinski definition) is 1. The first-order chi connectivity index (χ1) is 9.83. The second kappa shape index (κ2) is 12.7. The van der Waals surface area contributed by atoms with Crippen LogP contribution in [0.3, 0.4) is 0 Å². The monoisotopic (exact) mass is 283 g/mol. The number of rotatable bonds is 3. The van der Waals surface area contributed by atoms with Crippen LogP contribution in [0, 0.1) is 17.8 Å². The van der Waals surface area contributed by atoms with Gasteiger partial charge in [-0.15, -0.1) is 0 Å². The molecule has 0 spiro atoms. The summed E-state index contributed by atoms with van der Waals surface area (Å²) in [5.74, 6) is 3.01. The van der Waals surface area contributed by atoms with Crippen LogP contribution in [0.2, 0.25) is 0 Å². The Morgan fingerprint density at radius 1 is 0.700 bits per heavy atom. The van der Waals surface area contributed by atoms with E-state index in [-0.39, 0.29) is 0 Å². The lowest BCUT2D eigenvalue weighted by atomic mass is 9.75. The Balaban J connectivity index is 0.000000829. The molecule has 1 aliphatic carbocycles. The van der Waals surface area contributed by atoms with E-state index < -0.39 is 0 Å². The van der Waals surface area contributed by atoms with Gasteiger partial charge in [0.1, 0.15) is 0 Å². The first kappa shape index (κ1) is 20.0. The molecule has 0 aromatic rings. The van der Waals surface area contributed by atoms with Gasteiger partial charge in [-0.1, -0.05) is 67.2 Å². The fraction of sp³-hybridized carbons (Fsp3) is 1.00. The third kappa shape index (κ3) is 6.61. The lowest BCUT2D eigenvalue weighted by Crippen LogP contribution is -2.44. The van der Waals surface area contributed by atoms with Crippen molar-refractivity contribution in [1.82, 2.24) is 5.32 Å². The maximum Gasteiger partial charge on any atom is 0.00955 e. The molecule has 0 amide bonds. The minimum absolute atomic E-state index is 0.862. The third-order valence-electron chi connectivity index (χ3n) is 5.17. The number of piperidine rings is 1. The summed E-state index contributed by atoms with van der Waals surface area (Å²) >= 11 is 0. The molecule has 2 rings (SSSR count). The fourth-order valence-electron chi connectivity index (χ4n) is 3.69. The topological polar surface area (TPSA) is 12.0 Å². The van der Waals surface area contributed by atoms with Crippen molar-refractivity contribution in [1.29, 1.82) is 0 Å². The molecule has 2 aliphatic rings. The van der Waals surface area contributed by atoms with Crippen molar-refractivity contribution in [3.63, 3.8) is 0 Å². The van der Waals surface area contributed by atoms with Gasteiger partial charge in [0.05, 0.1) is 0 Å². The van der Waals surface area contributed by atoms with Crippen LogP contribution >= 0.6 is 0 Å². The lowest BCUT2D eigenvalue weighted by molar-refractivity contribution is 0.176. The van der Waals surface area contributed by atoms with E-state index >= 15 is 0 Å². The molecule has 1 heterocycles. The van der Waals surface area contributed by atoms with E-state index in [1.165, 1.54) is 57.9 Å². The van der Waals surface area contributed by atoms with Crippen LogP contribution in [-0.4, -0.2) is 12.6 Å². The van der Waals surface area contributed by atoms with Crippen molar-refractivity contribution < 1.29 is 0 Å². The Hall–Kier alpha value is -0.0400. The minimum Gasteiger partial charge on any atom is -0.313 e. The molecule has 1 saturated carbocycles. The molecule has 1 nitrogen and oxygen atoms in total. The molecule has 0 radical (unpaired) electrons. The van der Waals surface area contributed by atoms with E-state index in [1.54, 1.807) is 0 Å². The van der Waals surface area contributed by atoms with Crippen LogP contribution in [-0.2, 0) is 0 Å². The van der Waals surface area contributed by atoms with Crippen LogP contribution in [0.4, 0.5) is 0 Å². The largest absolute Gasteiger partial charge is 0.313 e. The highest BCUT2D eigenvalue weighted by Gasteiger charge is 2.29. The zero-order valence-electron chi connectivity index (χ0n) is 15.2. The molecular formula is C19H41N. The SMILES string of the molecule is CC.CC.CCC1CCC(C2CCC(CC)CN2)CC1. The van der Waals surface area contributed by atoms with Crippen LogP contribution in [0.25, 0.3) is 0 Å². The Morgan fingerprint density at radius 2 is 1.20 bits per heavy atom. The van der Waals surface area contributed by atoms with Gasteiger partial charge >= 0.3 is 0 Å². The molecule has 2 atom stereocenters. The van der Waals surface area contributed by atoms with Gasteiger partial charge < -0.3 is 5.32 Å². The molecule has 1 aliphatic heterocycles. The first-order valence-corrected chi connectivity index (χ1v) is 9.56.